The quantitative estimate of drug-likeness (QED) is 0.858. The Kier molecular flexibility index (Phi) is 5.01. The average molecular weight is 391 g/mol. The molecule has 6 heteroatoms. The summed E-state index contributed by atoms with van der Waals surface area (Å²) >= 11 is 1.66. The maximum atomic E-state index is 12.7. The second-order valence-electron chi connectivity index (χ2n) is 8.52. The Labute approximate surface area is 165 Å². The van der Waals surface area contributed by atoms with Crippen molar-refractivity contribution in [1.29, 1.82) is 0 Å². The van der Waals surface area contributed by atoms with Gasteiger partial charge in [-0.2, -0.15) is 0 Å². The third-order valence-corrected chi connectivity index (χ3v) is 8.27. The second kappa shape index (κ2) is 7.47. The first-order valence-corrected chi connectivity index (χ1v) is 11.5. The smallest absolute Gasteiger partial charge is 0.261 e. The minimum Gasteiger partial charge on any atom is -0.376 e. The molecule has 2 saturated heterocycles. The van der Waals surface area contributed by atoms with Crippen LogP contribution in [0, 0.1) is 0 Å². The Bertz CT molecular complexity index is 686. The molecule has 1 spiro atoms. The van der Waals surface area contributed by atoms with Gasteiger partial charge in [-0.1, -0.05) is 6.42 Å². The van der Waals surface area contributed by atoms with Crippen LogP contribution < -0.4 is 5.32 Å². The van der Waals surface area contributed by atoms with Gasteiger partial charge in [-0.3, -0.25) is 4.79 Å². The Morgan fingerprint density at radius 1 is 1.22 bits per heavy atom. The summed E-state index contributed by atoms with van der Waals surface area (Å²) in [5.74, 6) is 0.0481. The molecular weight excluding hydrogens is 360 g/mol. The van der Waals surface area contributed by atoms with E-state index < -0.39 is 0 Å². The van der Waals surface area contributed by atoms with Gasteiger partial charge in [0.25, 0.3) is 5.91 Å². The molecule has 1 atom stereocenters. The number of carbonyl (C=O) groups excluding carboxylic acids is 1. The van der Waals surface area contributed by atoms with Crippen LogP contribution in [0.25, 0.3) is 0 Å². The topological polar surface area (TPSA) is 50.8 Å². The fraction of sp³-hybridized carbons (Fsp3) is 0.762. The number of amides is 1. The van der Waals surface area contributed by atoms with Crippen molar-refractivity contribution in [3.8, 4) is 0 Å². The summed E-state index contributed by atoms with van der Waals surface area (Å²) < 4.78 is 12.0. The van der Waals surface area contributed by atoms with Gasteiger partial charge >= 0.3 is 0 Å². The number of likely N-dealkylation sites (tertiary alicyclic amines) is 1. The van der Waals surface area contributed by atoms with E-state index in [2.05, 4.69) is 16.3 Å². The molecule has 0 radical (unpaired) electrons. The third-order valence-electron chi connectivity index (χ3n) is 6.91. The van der Waals surface area contributed by atoms with Gasteiger partial charge < -0.3 is 19.7 Å². The Morgan fingerprint density at radius 2 is 2.07 bits per heavy atom. The van der Waals surface area contributed by atoms with Crippen LogP contribution in [0.3, 0.4) is 0 Å². The number of thiophene rings is 1. The Hall–Kier alpha value is -0.950. The van der Waals surface area contributed by atoms with Crippen LogP contribution in [-0.4, -0.2) is 55.8 Å². The number of nitrogens with one attached hydrogen (secondary N) is 1. The molecule has 0 bridgehead atoms. The Balaban J connectivity index is 1.27. The number of piperidine rings is 1. The second-order valence-corrected chi connectivity index (χ2v) is 9.58. The van der Waals surface area contributed by atoms with Crippen molar-refractivity contribution in [2.24, 2.45) is 0 Å². The van der Waals surface area contributed by atoms with Gasteiger partial charge in [-0.05, 0) is 56.6 Å². The standard InChI is InChI=1S/C21H30N2O3S/c24-20(22-14-17-5-2-11-25-17)18-13-15-6-12-26-21(19(15)27-18)7-9-23(10-8-21)16-3-1-4-16/h13,16-17H,1-12,14H2,(H,22,24). The molecule has 1 unspecified atom stereocenters. The lowest BCUT2D eigenvalue weighted by molar-refractivity contribution is -0.104. The summed E-state index contributed by atoms with van der Waals surface area (Å²) in [5, 5.41) is 3.08. The molecule has 1 aromatic rings. The number of nitrogens with zero attached hydrogens (tertiary/aromatic N) is 1. The normalized spacial score (nSPS) is 28.1. The number of fused-ring (bicyclic) bond motifs is 2. The number of carbonyl (C=O) groups is 1. The zero-order valence-corrected chi connectivity index (χ0v) is 16.8. The number of hydrogen-bond acceptors (Lipinski definition) is 5. The zero-order chi connectivity index (χ0) is 18.3. The lowest BCUT2D eigenvalue weighted by Gasteiger charge is -2.47. The van der Waals surface area contributed by atoms with Crippen LogP contribution in [0.1, 0.15) is 65.1 Å². The highest BCUT2D eigenvalue weighted by Gasteiger charge is 2.44. The van der Waals surface area contributed by atoms with E-state index in [1.165, 1.54) is 29.7 Å². The zero-order valence-electron chi connectivity index (χ0n) is 16.0. The van der Waals surface area contributed by atoms with Crippen molar-refractivity contribution >= 4 is 17.2 Å². The SMILES string of the molecule is O=C(NCC1CCCO1)c1cc2c(s1)C1(CCN(C3CCC3)CC1)OCC2. The molecule has 5 rings (SSSR count). The monoisotopic (exact) mass is 390 g/mol. The van der Waals surface area contributed by atoms with Crippen LogP contribution in [0.5, 0.6) is 0 Å². The van der Waals surface area contributed by atoms with Crippen LogP contribution in [0.15, 0.2) is 6.07 Å². The van der Waals surface area contributed by atoms with Gasteiger partial charge in [0, 0.05) is 37.2 Å². The molecule has 3 aliphatic heterocycles. The molecule has 3 fully saturated rings. The molecular formula is C21H30N2O3S. The molecule has 148 valence electrons. The van der Waals surface area contributed by atoms with Crippen LogP contribution in [0.2, 0.25) is 0 Å². The average Bonchev–Trinajstić information content (AvgIpc) is 3.30. The molecule has 1 N–H and O–H groups in total. The maximum Gasteiger partial charge on any atom is 0.261 e. The number of ether oxygens (including phenoxy) is 2. The van der Waals surface area contributed by atoms with E-state index in [0.717, 1.165) is 69.3 Å². The number of hydrogen-bond donors (Lipinski definition) is 1. The van der Waals surface area contributed by atoms with Gasteiger partial charge in [0.2, 0.25) is 0 Å². The first-order chi connectivity index (χ1) is 13.2. The highest BCUT2D eigenvalue weighted by molar-refractivity contribution is 7.14. The van der Waals surface area contributed by atoms with Crippen molar-refractivity contribution in [2.75, 3.05) is 32.8 Å². The fourth-order valence-corrected chi connectivity index (χ4v) is 6.33. The summed E-state index contributed by atoms with van der Waals surface area (Å²) in [4.78, 5) is 17.5. The summed E-state index contributed by atoms with van der Waals surface area (Å²) in [6.07, 6.45) is 9.53. The predicted octanol–water partition coefficient (Wildman–Crippen LogP) is 3.07. The van der Waals surface area contributed by atoms with E-state index >= 15 is 0 Å². The van der Waals surface area contributed by atoms with Crippen molar-refractivity contribution < 1.29 is 14.3 Å². The molecule has 4 heterocycles. The van der Waals surface area contributed by atoms with Crippen LogP contribution in [-0.2, 0) is 21.5 Å². The first-order valence-electron chi connectivity index (χ1n) is 10.6. The molecule has 1 saturated carbocycles. The van der Waals surface area contributed by atoms with E-state index in [1.807, 2.05) is 0 Å². The van der Waals surface area contributed by atoms with E-state index in [-0.39, 0.29) is 17.6 Å². The van der Waals surface area contributed by atoms with Crippen molar-refractivity contribution in [1.82, 2.24) is 10.2 Å². The van der Waals surface area contributed by atoms with Crippen LogP contribution in [0.4, 0.5) is 0 Å². The van der Waals surface area contributed by atoms with Crippen molar-refractivity contribution in [2.45, 2.75) is 69.1 Å². The lowest BCUT2D eigenvalue weighted by Crippen LogP contribution is -2.50. The van der Waals surface area contributed by atoms with Gasteiger partial charge in [0.15, 0.2) is 0 Å². The minimum absolute atomic E-state index is 0.0481. The van der Waals surface area contributed by atoms with Crippen LogP contribution >= 0.6 is 11.3 Å². The molecule has 0 aromatic carbocycles. The van der Waals surface area contributed by atoms with Crippen molar-refractivity contribution in [3.63, 3.8) is 0 Å². The molecule has 4 aliphatic rings. The fourth-order valence-electron chi connectivity index (χ4n) is 5.01. The van der Waals surface area contributed by atoms with Gasteiger partial charge in [0.1, 0.15) is 5.60 Å². The molecule has 1 aromatic heterocycles. The maximum absolute atomic E-state index is 12.7. The van der Waals surface area contributed by atoms with Gasteiger partial charge in [-0.15, -0.1) is 11.3 Å². The summed E-state index contributed by atoms with van der Waals surface area (Å²) in [6.45, 7) is 4.49. The summed E-state index contributed by atoms with van der Waals surface area (Å²) in [5.41, 5.74) is 1.19. The third kappa shape index (κ3) is 3.46. The molecule has 5 nitrogen and oxygen atoms in total. The predicted molar refractivity (Wildman–Crippen MR) is 105 cm³/mol. The highest BCUT2D eigenvalue weighted by atomic mass is 32.1. The summed E-state index contributed by atoms with van der Waals surface area (Å²) in [7, 11) is 0. The van der Waals surface area contributed by atoms with Gasteiger partial charge in [0.05, 0.1) is 17.6 Å². The van der Waals surface area contributed by atoms with E-state index in [4.69, 9.17) is 9.47 Å². The first kappa shape index (κ1) is 18.1. The largest absolute Gasteiger partial charge is 0.376 e. The van der Waals surface area contributed by atoms with E-state index in [9.17, 15) is 4.79 Å². The van der Waals surface area contributed by atoms with E-state index in [1.54, 1.807) is 11.3 Å². The van der Waals surface area contributed by atoms with E-state index in [0.29, 0.717) is 6.54 Å². The highest BCUT2D eigenvalue weighted by Crippen LogP contribution is 2.46. The molecule has 1 aliphatic carbocycles. The summed E-state index contributed by atoms with van der Waals surface area (Å²) in [6, 6.07) is 2.93. The molecule has 27 heavy (non-hydrogen) atoms. The Morgan fingerprint density at radius 3 is 2.78 bits per heavy atom. The minimum atomic E-state index is -0.147. The molecule has 1 amide bonds. The van der Waals surface area contributed by atoms with Gasteiger partial charge in [-0.25, -0.2) is 0 Å². The van der Waals surface area contributed by atoms with Crippen molar-refractivity contribution in [3.05, 3.63) is 21.4 Å². The number of rotatable bonds is 4. The lowest BCUT2D eigenvalue weighted by atomic mass is 9.82.